The molecule has 5 nitrogen and oxygen atoms in total. The van der Waals surface area contributed by atoms with E-state index in [-0.39, 0.29) is 23.6 Å². The maximum absolute atomic E-state index is 12.4. The number of halogens is 2. The number of phenolic OH excluding ortho intramolecular Hbond substituents is 1. The van der Waals surface area contributed by atoms with E-state index in [9.17, 15) is 15.0 Å². The predicted molar refractivity (Wildman–Crippen MR) is 89.1 cm³/mol. The van der Waals surface area contributed by atoms with Crippen LogP contribution in [-0.4, -0.2) is 64.2 Å². The van der Waals surface area contributed by atoms with Crippen molar-refractivity contribution in [1.29, 1.82) is 0 Å². The lowest BCUT2D eigenvalue weighted by molar-refractivity contribution is -0.138. The molecule has 1 aromatic carbocycles. The first-order valence-electron chi connectivity index (χ1n) is 7.73. The monoisotopic (exact) mass is 358 g/mol. The molecule has 2 aliphatic rings. The van der Waals surface area contributed by atoms with Gasteiger partial charge in [-0.2, -0.15) is 0 Å². The lowest BCUT2D eigenvalue weighted by Crippen LogP contribution is -2.54. The Morgan fingerprint density at radius 3 is 2.78 bits per heavy atom. The van der Waals surface area contributed by atoms with Gasteiger partial charge in [-0.3, -0.25) is 9.69 Å². The van der Waals surface area contributed by atoms with Gasteiger partial charge in [0.1, 0.15) is 5.75 Å². The summed E-state index contributed by atoms with van der Waals surface area (Å²) >= 11 is 12.3. The molecule has 1 aromatic rings. The van der Waals surface area contributed by atoms with Crippen molar-refractivity contribution in [1.82, 2.24) is 9.80 Å². The number of hydrogen-bond acceptors (Lipinski definition) is 4. The van der Waals surface area contributed by atoms with Gasteiger partial charge in [0.25, 0.3) is 0 Å². The number of carbonyl (C=O) groups excluding carboxylic acids is 1. The van der Waals surface area contributed by atoms with Crippen LogP contribution >= 0.6 is 23.2 Å². The molecule has 23 heavy (non-hydrogen) atoms. The molecule has 126 valence electrons. The van der Waals surface area contributed by atoms with Crippen molar-refractivity contribution in [3.8, 4) is 5.75 Å². The van der Waals surface area contributed by atoms with Gasteiger partial charge in [-0.1, -0.05) is 23.2 Å². The van der Waals surface area contributed by atoms with E-state index < -0.39 is 6.10 Å². The molecular formula is C16H20Cl2N2O3. The average molecular weight is 359 g/mol. The van der Waals surface area contributed by atoms with E-state index in [4.69, 9.17) is 23.2 Å². The molecule has 3 atom stereocenters. The van der Waals surface area contributed by atoms with Crippen LogP contribution in [0.5, 0.6) is 5.75 Å². The van der Waals surface area contributed by atoms with Gasteiger partial charge < -0.3 is 15.1 Å². The summed E-state index contributed by atoms with van der Waals surface area (Å²) in [5, 5.41) is 20.5. The van der Waals surface area contributed by atoms with Crippen LogP contribution in [0.1, 0.15) is 24.8 Å². The van der Waals surface area contributed by atoms with Gasteiger partial charge in [0.2, 0.25) is 5.91 Å². The molecule has 1 unspecified atom stereocenters. The van der Waals surface area contributed by atoms with Gasteiger partial charge in [0.15, 0.2) is 0 Å². The standard InChI is InChI=1S/C16H20Cl2N2O3/c1-9(21)5-19-7-11-4-10(6-20(11)14(23)8-19)15-13(22)3-2-12(17)16(15)18/h2-3,9-11,21-22H,4-8H2,1H3/t9?,10-,11-/m0/s1. The molecule has 0 saturated carbocycles. The Bertz CT molecular complexity index is 624. The molecule has 0 bridgehead atoms. The number of aliphatic hydroxyl groups excluding tert-OH is 1. The first-order chi connectivity index (χ1) is 10.9. The van der Waals surface area contributed by atoms with Crippen LogP contribution in [-0.2, 0) is 4.79 Å². The highest BCUT2D eigenvalue weighted by Gasteiger charge is 2.42. The number of amides is 1. The molecule has 0 spiro atoms. The molecule has 2 fully saturated rings. The summed E-state index contributed by atoms with van der Waals surface area (Å²) in [6.45, 7) is 3.80. The summed E-state index contributed by atoms with van der Waals surface area (Å²) in [7, 11) is 0. The summed E-state index contributed by atoms with van der Waals surface area (Å²) < 4.78 is 0. The first-order valence-corrected chi connectivity index (χ1v) is 8.49. The number of β-amino-alcohol motifs (C(OH)–C–C–N with tert-alkyl or cyclic N) is 1. The topological polar surface area (TPSA) is 64.0 Å². The van der Waals surface area contributed by atoms with Crippen LogP contribution < -0.4 is 0 Å². The third-order valence-electron chi connectivity index (χ3n) is 4.60. The Hall–Kier alpha value is -1.01. The van der Waals surface area contributed by atoms with E-state index >= 15 is 0 Å². The minimum absolute atomic E-state index is 0.0263. The van der Waals surface area contributed by atoms with Crippen LogP contribution in [0.4, 0.5) is 0 Å². The largest absolute Gasteiger partial charge is 0.508 e. The highest BCUT2D eigenvalue weighted by molar-refractivity contribution is 6.42. The number of piperazine rings is 1. The van der Waals surface area contributed by atoms with Crippen LogP contribution in [0.15, 0.2) is 12.1 Å². The predicted octanol–water partition coefficient (Wildman–Crippen LogP) is 2.08. The quantitative estimate of drug-likeness (QED) is 0.868. The smallest absolute Gasteiger partial charge is 0.237 e. The fourth-order valence-corrected chi connectivity index (χ4v) is 4.19. The van der Waals surface area contributed by atoms with Crippen molar-refractivity contribution in [3.63, 3.8) is 0 Å². The van der Waals surface area contributed by atoms with Crippen molar-refractivity contribution >= 4 is 29.1 Å². The molecular weight excluding hydrogens is 339 g/mol. The van der Waals surface area contributed by atoms with Crippen molar-refractivity contribution < 1.29 is 15.0 Å². The van der Waals surface area contributed by atoms with Gasteiger partial charge in [-0.25, -0.2) is 0 Å². The molecule has 3 rings (SSSR count). The number of aliphatic hydroxyl groups is 1. The minimum atomic E-state index is -0.460. The summed E-state index contributed by atoms with van der Waals surface area (Å²) in [5.74, 6) is 0.154. The minimum Gasteiger partial charge on any atom is -0.508 e. The van der Waals surface area contributed by atoms with Crippen LogP contribution in [0.3, 0.4) is 0 Å². The SMILES string of the molecule is CC(O)CN1CC(=O)N2C[C@@H](c3c(O)ccc(Cl)c3Cl)C[C@H]2C1. The third kappa shape index (κ3) is 3.29. The molecule has 0 radical (unpaired) electrons. The Morgan fingerprint density at radius 2 is 2.09 bits per heavy atom. The zero-order valence-corrected chi connectivity index (χ0v) is 14.4. The number of hydrogen-bond donors (Lipinski definition) is 2. The van der Waals surface area contributed by atoms with Gasteiger partial charge in [0, 0.05) is 37.2 Å². The molecule has 2 saturated heterocycles. The number of aromatic hydroxyl groups is 1. The van der Waals surface area contributed by atoms with Crippen LogP contribution in [0, 0.1) is 0 Å². The highest BCUT2D eigenvalue weighted by Crippen LogP contribution is 2.43. The molecule has 0 aromatic heterocycles. The van der Waals surface area contributed by atoms with Gasteiger partial charge in [-0.05, 0) is 25.5 Å². The molecule has 7 heteroatoms. The van der Waals surface area contributed by atoms with Crippen LogP contribution in [0.2, 0.25) is 10.0 Å². The number of fused-ring (bicyclic) bond motifs is 1. The highest BCUT2D eigenvalue weighted by atomic mass is 35.5. The first kappa shape index (κ1) is 16.8. The fourth-order valence-electron chi connectivity index (χ4n) is 3.71. The van der Waals surface area contributed by atoms with Crippen molar-refractivity contribution in [3.05, 3.63) is 27.7 Å². The molecule has 1 amide bonds. The number of benzene rings is 1. The Balaban J connectivity index is 1.81. The van der Waals surface area contributed by atoms with Crippen molar-refractivity contribution in [2.75, 3.05) is 26.2 Å². The summed E-state index contributed by atoms with van der Waals surface area (Å²) in [6, 6.07) is 3.19. The Kier molecular flexibility index (Phi) is 4.74. The summed E-state index contributed by atoms with van der Waals surface area (Å²) in [5.41, 5.74) is 0.628. The van der Waals surface area contributed by atoms with Gasteiger partial charge in [-0.15, -0.1) is 0 Å². The lowest BCUT2D eigenvalue weighted by Gasteiger charge is -2.37. The van der Waals surface area contributed by atoms with E-state index in [1.165, 1.54) is 0 Å². The second-order valence-electron chi connectivity index (χ2n) is 6.47. The fraction of sp³-hybridized carbons (Fsp3) is 0.562. The number of rotatable bonds is 3. The van der Waals surface area contributed by atoms with E-state index in [1.54, 1.807) is 19.1 Å². The molecule has 2 aliphatic heterocycles. The summed E-state index contributed by atoms with van der Waals surface area (Å²) in [6.07, 6.45) is 0.272. The number of carbonyl (C=O) groups is 1. The third-order valence-corrected chi connectivity index (χ3v) is 5.42. The molecule has 0 aliphatic carbocycles. The van der Waals surface area contributed by atoms with Gasteiger partial charge in [0.05, 0.1) is 22.7 Å². The van der Waals surface area contributed by atoms with E-state index in [2.05, 4.69) is 0 Å². The Labute approximate surface area is 145 Å². The number of phenols is 1. The molecule has 2 N–H and O–H groups in total. The maximum Gasteiger partial charge on any atom is 0.237 e. The zero-order valence-electron chi connectivity index (χ0n) is 12.9. The lowest BCUT2D eigenvalue weighted by atomic mass is 9.95. The average Bonchev–Trinajstić information content (AvgIpc) is 2.87. The second-order valence-corrected chi connectivity index (χ2v) is 7.25. The van der Waals surface area contributed by atoms with Crippen molar-refractivity contribution in [2.45, 2.75) is 31.4 Å². The number of nitrogens with zero attached hydrogens (tertiary/aromatic N) is 2. The maximum atomic E-state index is 12.4. The van der Waals surface area contributed by atoms with Crippen LogP contribution in [0.25, 0.3) is 0 Å². The van der Waals surface area contributed by atoms with Crippen molar-refractivity contribution in [2.24, 2.45) is 0 Å². The Morgan fingerprint density at radius 1 is 1.35 bits per heavy atom. The van der Waals surface area contributed by atoms with Gasteiger partial charge >= 0.3 is 0 Å². The second kappa shape index (κ2) is 6.48. The van der Waals surface area contributed by atoms with E-state index in [0.29, 0.717) is 35.2 Å². The zero-order chi connectivity index (χ0) is 16.7. The van der Waals surface area contributed by atoms with E-state index in [1.807, 2.05) is 9.80 Å². The normalized spacial score (nSPS) is 26.4. The molecule has 2 heterocycles. The van der Waals surface area contributed by atoms with E-state index in [0.717, 1.165) is 13.0 Å². The summed E-state index contributed by atoms with van der Waals surface area (Å²) in [4.78, 5) is 16.2.